The van der Waals surface area contributed by atoms with Crippen molar-refractivity contribution < 1.29 is 9.53 Å². The second-order valence-corrected chi connectivity index (χ2v) is 6.13. The number of carbonyl (C=O) groups excluding carboxylic acids is 1. The van der Waals surface area contributed by atoms with Crippen molar-refractivity contribution in [1.82, 2.24) is 4.57 Å². The van der Waals surface area contributed by atoms with Crippen molar-refractivity contribution in [1.29, 1.82) is 5.26 Å². The number of esters is 1. The Morgan fingerprint density at radius 3 is 2.67 bits per heavy atom. The van der Waals surface area contributed by atoms with Gasteiger partial charge in [0.1, 0.15) is 11.5 Å². The van der Waals surface area contributed by atoms with Gasteiger partial charge in [-0.05, 0) is 41.4 Å². The van der Waals surface area contributed by atoms with Gasteiger partial charge in [0.25, 0.3) is 0 Å². The van der Waals surface area contributed by atoms with Gasteiger partial charge >= 0.3 is 5.97 Å². The van der Waals surface area contributed by atoms with Crippen LogP contribution < -0.4 is 0 Å². The van der Waals surface area contributed by atoms with Crippen molar-refractivity contribution in [3.8, 4) is 5.40 Å². The Morgan fingerprint density at radius 2 is 1.88 bits per heavy atom. The molecule has 0 radical (unpaired) electrons. The van der Waals surface area contributed by atoms with Crippen LogP contribution in [-0.2, 0) is 11.3 Å². The third-order valence-corrected chi connectivity index (χ3v) is 4.37. The number of nitriles is 1. The molecule has 0 fully saturated rings. The lowest BCUT2D eigenvalue weighted by atomic mass is 10.2. The molecule has 0 aliphatic heterocycles. The van der Waals surface area contributed by atoms with Crippen molar-refractivity contribution in [2.75, 3.05) is 5.75 Å². The first-order valence-electron chi connectivity index (χ1n) is 7.58. The fraction of sp³-hybridized carbons (Fsp3) is 0.158. The van der Waals surface area contributed by atoms with Gasteiger partial charge in [-0.15, -0.1) is 0 Å². The Balaban J connectivity index is 1.76. The number of nitrogens with zero attached hydrogens (tertiary/aromatic N) is 2. The van der Waals surface area contributed by atoms with E-state index in [2.05, 4.69) is 4.57 Å². The number of benzene rings is 2. The number of aromatic nitrogens is 1. The van der Waals surface area contributed by atoms with E-state index in [1.54, 1.807) is 24.3 Å². The molecule has 1 atom stereocenters. The largest absolute Gasteiger partial charge is 0.456 e. The predicted octanol–water partition coefficient (Wildman–Crippen LogP) is 4.08. The minimum absolute atomic E-state index is 0.365. The van der Waals surface area contributed by atoms with E-state index >= 15 is 0 Å². The number of ether oxygens (including phenoxy) is 1. The van der Waals surface area contributed by atoms with Crippen LogP contribution in [0.15, 0.2) is 66.9 Å². The molecule has 0 saturated heterocycles. The summed E-state index contributed by atoms with van der Waals surface area (Å²) in [6.07, 6.45) is 1.60. The zero-order valence-corrected chi connectivity index (χ0v) is 13.8. The molecular formula is C19H16N2O2S. The Labute approximate surface area is 144 Å². The molecule has 3 aromatic rings. The molecule has 4 nitrogen and oxygen atoms in total. The first-order valence-corrected chi connectivity index (χ1v) is 8.57. The summed E-state index contributed by atoms with van der Waals surface area (Å²) >= 11 is 1.10. The van der Waals surface area contributed by atoms with Crippen molar-refractivity contribution in [2.45, 2.75) is 12.6 Å². The van der Waals surface area contributed by atoms with E-state index in [-0.39, 0.29) is 12.1 Å². The number of rotatable bonds is 6. The maximum atomic E-state index is 12.3. The number of fused-ring (bicyclic) bond motifs is 1. The van der Waals surface area contributed by atoms with Crippen LogP contribution in [0.25, 0.3) is 10.9 Å². The van der Waals surface area contributed by atoms with Gasteiger partial charge in [-0.3, -0.25) is 0 Å². The second-order valence-electron chi connectivity index (χ2n) is 5.32. The lowest BCUT2D eigenvalue weighted by molar-refractivity contribution is 0.0319. The highest BCUT2D eigenvalue weighted by Gasteiger charge is 2.17. The van der Waals surface area contributed by atoms with E-state index in [4.69, 9.17) is 10.00 Å². The molecule has 2 aromatic carbocycles. The highest BCUT2D eigenvalue weighted by molar-refractivity contribution is 8.03. The van der Waals surface area contributed by atoms with Crippen molar-refractivity contribution in [3.63, 3.8) is 0 Å². The van der Waals surface area contributed by atoms with Gasteiger partial charge in [0.15, 0.2) is 0 Å². The maximum absolute atomic E-state index is 12.3. The fourth-order valence-corrected chi connectivity index (χ4v) is 3.00. The summed E-state index contributed by atoms with van der Waals surface area (Å²) in [5.74, 6) is 0.0669. The topological polar surface area (TPSA) is 55.0 Å². The van der Waals surface area contributed by atoms with E-state index < -0.39 is 0 Å². The molecule has 1 heterocycles. The van der Waals surface area contributed by atoms with Crippen molar-refractivity contribution >= 4 is 28.6 Å². The third kappa shape index (κ3) is 3.79. The minimum atomic E-state index is -0.377. The van der Waals surface area contributed by atoms with Gasteiger partial charge in [0.05, 0.1) is 12.1 Å². The van der Waals surface area contributed by atoms with E-state index in [0.29, 0.717) is 17.9 Å². The van der Waals surface area contributed by atoms with E-state index in [1.165, 1.54) is 0 Å². The average molecular weight is 336 g/mol. The van der Waals surface area contributed by atoms with Crippen molar-refractivity contribution in [3.05, 3.63) is 72.4 Å². The van der Waals surface area contributed by atoms with Crippen LogP contribution in [0.4, 0.5) is 0 Å². The molecule has 0 amide bonds. The number of hydrogen-bond acceptors (Lipinski definition) is 4. The van der Waals surface area contributed by atoms with Crippen LogP contribution in [0.3, 0.4) is 0 Å². The summed E-state index contributed by atoms with van der Waals surface area (Å²) in [4.78, 5) is 12.3. The van der Waals surface area contributed by atoms with Crippen LogP contribution in [0.1, 0.15) is 10.4 Å². The number of thioether (sulfide) groups is 1. The normalized spacial score (nSPS) is 11.8. The molecule has 0 spiro atoms. The van der Waals surface area contributed by atoms with E-state index in [1.807, 2.05) is 48.0 Å². The second kappa shape index (κ2) is 7.71. The lowest BCUT2D eigenvalue weighted by Gasteiger charge is -2.18. The Kier molecular flexibility index (Phi) is 5.19. The number of para-hydroxylation sites is 1. The van der Waals surface area contributed by atoms with Gasteiger partial charge < -0.3 is 9.30 Å². The predicted molar refractivity (Wildman–Crippen MR) is 95.7 cm³/mol. The summed E-state index contributed by atoms with van der Waals surface area (Å²) in [6, 6.07) is 19.0. The standard InChI is InChI=1S/C19H16N2O2S/c20-14-24-13-17(23-19(22)16-7-2-1-3-8-16)12-21-11-10-15-6-4-5-9-18(15)21/h1-11,17H,12-13H2. The van der Waals surface area contributed by atoms with Gasteiger partial charge in [-0.25, -0.2) is 4.79 Å². The maximum Gasteiger partial charge on any atom is 0.338 e. The number of hydrogen-bond donors (Lipinski definition) is 0. The molecular weight excluding hydrogens is 320 g/mol. The van der Waals surface area contributed by atoms with Gasteiger partial charge in [0.2, 0.25) is 0 Å². The molecule has 0 aliphatic rings. The monoisotopic (exact) mass is 336 g/mol. The molecule has 0 aliphatic carbocycles. The fourth-order valence-electron chi connectivity index (χ4n) is 2.57. The van der Waals surface area contributed by atoms with Gasteiger partial charge in [0, 0.05) is 17.5 Å². The SMILES string of the molecule is N#CSCC(Cn1ccc2ccccc21)OC(=O)c1ccccc1. The zero-order chi connectivity index (χ0) is 16.8. The summed E-state index contributed by atoms with van der Waals surface area (Å²) in [7, 11) is 0. The molecule has 0 N–H and O–H groups in total. The number of carbonyl (C=O) groups is 1. The van der Waals surface area contributed by atoms with Crippen LogP contribution in [0.2, 0.25) is 0 Å². The molecule has 1 unspecified atom stereocenters. The van der Waals surface area contributed by atoms with Crippen LogP contribution >= 0.6 is 11.8 Å². The number of thiocyanates is 1. The summed E-state index contributed by atoms with van der Waals surface area (Å²) in [5, 5.41) is 12.0. The van der Waals surface area contributed by atoms with E-state index in [0.717, 1.165) is 22.7 Å². The van der Waals surface area contributed by atoms with Crippen LogP contribution in [0, 0.1) is 10.7 Å². The molecule has 3 rings (SSSR count). The average Bonchev–Trinajstić information content (AvgIpc) is 3.03. The molecule has 0 saturated carbocycles. The first-order chi connectivity index (χ1) is 11.8. The van der Waals surface area contributed by atoms with Gasteiger partial charge in [-0.1, -0.05) is 36.4 Å². The molecule has 0 bridgehead atoms. The smallest absolute Gasteiger partial charge is 0.338 e. The third-order valence-electron chi connectivity index (χ3n) is 3.70. The Morgan fingerprint density at radius 1 is 1.12 bits per heavy atom. The highest BCUT2D eigenvalue weighted by Crippen LogP contribution is 2.18. The van der Waals surface area contributed by atoms with Crippen LogP contribution in [0.5, 0.6) is 0 Å². The summed E-state index contributed by atoms with van der Waals surface area (Å²) in [5.41, 5.74) is 1.60. The van der Waals surface area contributed by atoms with Crippen LogP contribution in [-0.4, -0.2) is 22.4 Å². The molecule has 24 heavy (non-hydrogen) atoms. The lowest BCUT2D eigenvalue weighted by Crippen LogP contribution is -2.25. The minimum Gasteiger partial charge on any atom is -0.456 e. The molecule has 120 valence electrons. The summed E-state index contributed by atoms with van der Waals surface area (Å²) < 4.78 is 7.68. The van der Waals surface area contributed by atoms with Crippen molar-refractivity contribution in [2.24, 2.45) is 0 Å². The molecule has 5 heteroatoms. The first kappa shape index (κ1) is 16.2. The Bertz CT molecular complexity index is 868. The summed E-state index contributed by atoms with van der Waals surface area (Å²) in [6.45, 7) is 0.515. The Hall–Kier alpha value is -2.71. The zero-order valence-electron chi connectivity index (χ0n) is 13.0. The molecule has 1 aromatic heterocycles. The van der Waals surface area contributed by atoms with Gasteiger partial charge in [-0.2, -0.15) is 5.26 Å². The quantitative estimate of drug-likeness (QED) is 0.503. The highest BCUT2D eigenvalue weighted by atomic mass is 32.2. The van der Waals surface area contributed by atoms with E-state index in [9.17, 15) is 4.79 Å².